The van der Waals surface area contributed by atoms with E-state index in [4.69, 9.17) is 25.8 Å². The molecule has 3 rings (SSSR count). The van der Waals surface area contributed by atoms with Crippen LogP contribution in [-0.4, -0.2) is 78.0 Å². The van der Waals surface area contributed by atoms with Crippen LogP contribution in [0.2, 0.25) is 5.02 Å². The van der Waals surface area contributed by atoms with Gasteiger partial charge in [0.05, 0.1) is 25.1 Å². The number of rotatable bonds is 12. The molecular formula is C24H35ClN4O4S. The van der Waals surface area contributed by atoms with Crippen molar-refractivity contribution in [2.24, 2.45) is 0 Å². The third-order valence-corrected chi connectivity index (χ3v) is 6.53. The highest BCUT2D eigenvalue weighted by atomic mass is 35.5. The summed E-state index contributed by atoms with van der Waals surface area (Å²) in [5.41, 5.74) is 0.936. The van der Waals surface area contributed by atoms with Crippen LogP contribution in [0.1, 0.15) is 27.7 Å². The Morgan fingerprint density at radius 2 is 1.76 bits per heavy atom. The minimum atomic E-state index is -0.417. The summed E-state index contributed by atoms with van der Waals surface area (Å²) in [5.74, 6) is 0.254. The van der Waals surface area contributed by atoms with Gasteiger partial charge in [-0.2, -0.15) is 9.78 Å². The first kappa shape index (κ1) is 26.8. The largest absolute Gasteiger partial charge is 0.478 e. The molecule has 0 atom stereocenters. The van der Waals surface area contributed by atoms with E-state index in [0.29, 0.717) is 48.1 Å². The molecule has 34 heavy (non-hydrogen) atoms. The lowest BCUT2D eigenvalue weighted by atomic mass is 10.2. The van der Waals surface area contributed by atoms with Crippen LogP contribution >= 0.6 is 23.5 Å². The molecule has 0 radical (unpaired) electrons. The topological polar surface area (TPSA) is 69.1 Å². The van der Waals surface area contributed by atoms with E-state index >= 15 is 0 Å². The number of anilines is 1. The molecule has 0 N–H and O–H groups in total. The second-order valence-electron chi connectivity index (χ2n) is 8.18. The summed E-state index contributed by atoms with van der Waals surface area (Å²) in [6.45, 7) is 13.3. The zero-order valence-corrected chi connectivity index (χ0v) is 22.0. The molecule has 0 unspecified atom stereocenters. The van der Waals surface area contributed by atoms with Crippen LogP contribution in [0.15, 0.2) is 35.3 Å². The molecule has 188 valence electrons. The van der Waals surface area contributed by atoms with Gasteiger partial charge in [0.2, 0.25) is 5.75 Å². The summed E-state index contributed by atoms with van der Waals surface area (Å²) < 4.78 is 21.2. The molecule has 0 bridgehead atoms. The van der Waals surface area contributed by atoms with Crippen LogP contribution in [0, 0.1) is 0 Å². The van der Waals surface area contributed by atoms with Crippen molar-refractivity contribution in [3.63, 3.8) is 0 Å². The van der Waals surface area contributed by atoms with E-state index in [1.54, 1.807) is 30.5 Å². The van der Waals surface area contributed by atoms with Gasteiger partial charge >= 0.3 is 5.56 Å². The summed E-state index contributed by atoms with van der Waals surface area (Å²) in [5, 5.41) is 5.53. The first-order valence-corrected chi connectivity index (χ1v) is 13.0. The fourth-order valence-electron chi connectivity index (χ4n) is 3.67. The SMILES string of the molecule is CCOCC(COCC)Oc1c(N2CCN(SC(C)C)CC2)cnn(-c2cccc(Cl)c2)c1=O. The Bertz CT molecular complexity index is 958. The number of benzene rings is 1. The lowest BCUT2D eigenvalue weighted by Crippen LogP contribution is -2.45. The van der Waals surface area contributed by atoms with E-state index in [1.807, 2.05) is 25.8 Å². The summed E-state index contributed by atoms with van der Waals surface area (Å²) >= 11 is 8.02. The molecule has 1 aromatic heterocycles. The van der Waals surface area contributed by atoms with Crippen molar-refractivity contribution in [3.8, 4) is 11.4 Å². The monoisotopic (exact) mass is 510 g/mol. The fraction of sp³-hybridized carbons (Fsp3) is 0.583. The van der Waals surface area contributed by atoms with Crippen molar-refractivity contribution in [2.75, 3.05) is 57.5 Å². The Hall–Kier alpha value is -1.78. The number of halogens is 1. The maximum atomic E-state index is 13.6. The molecule has 2 heterocycles. The minimum Gasteiger partial charge on any atom is -0.478 e. The third-order valence-electron chi connectivity index (χ3n) is 5.21. The normalized spacial score (nSPS) is 14.9. The first-order chi connectivity index (χ1) is 16.4. The molecule has 1 aliphatic heterocycles. The average molecular weight is 511 g/mol. The second kappa shape index (κ2) is 13.3. The molecule has 0 spiro atoms. The molecule has 10 heteroatoms. The lowest BCUT2D eigenvalue weighted by Gasteiger charge is -2.36. The zero-order chi connectivity index (χ0) is 24.5. The van der Waals surface area contributed by atoms with Gasteiger partial charge in [0.1, 0.15) is 11.8 Å². The van der Waals surface area contributed by atoms with Crippen LogP contribution in [0.3, 0.4) is 0 Å². The summed E-state index contributed by atoms with van der Waals surface area (Å²) in [4.78, 5) is 15.8. The average Bonchev–Trinajstić information content (AvgIpc) is 2.82. The molecule has 1 saturated heterocycles. The van der Waals surface area contributed by atoms with Gasteiger partial charge < -0.3 is 19.1 Å². The standard InChI is InChI=1S/C24H35ClN4O4S/c1-5-31-16-21(17-32-6-2)33-23-22(27-10-12-28(13-11-27)34-18(3)4)15-26-29(24(23)30)20-9-7-8-19(25)14-20/h7-9,14-15,18,21H,5-6,10-13,16-17H2,1-4H3. The van der Waals surface area contributed by atoms with Crippen LogP contribution in [0.5, 0.6) is 5.75 Å². The van der Waals surface area contributed by atoms with Gasteiger partial charge in [0.25, 0.3) is 0 Å². The van der Waals surface area contributed by atoms with Gasteiger partial charge in [-0.15, -0.1) is 0 Å². The highest BCUT2D eigenvalue weighted by Crippen LogP contribution is 2.28. The Labute approximate surface area is 211 Å². The maximum absolute atomic E-state index is 13.6. The smallest absolute Gasteiger partial charge is 0.316 e. The Morgan fingerprint density at radius 1 is 1.09 bits per heavy atom. The highest BCUT2D eigenvalue weighted by molar-refractivity contribution is 7.97. The van der Waals surface area contributed by atoms with Crippen molar-refractivity contribution in [1.82, 2.24) is 14.1 Å². The van der Waals surface area contributed by atoms with E-state index in [2.05, 4.69) is 28.2 Å². The maximum Gasteiger partial charge on any atom is 0.316 e. The molecule has 1 fully saturated rings. The van der Waals surface area contributed by atoms with E-state index < -0.39 is 6.10 Å². The van der Waals surface area contributed by atoms with Crippen LogP contribution < -0.4 is 15.2 Å². The van der Waals surface area contributed by atoms with Crippen LogP contribution in [0.4, 0.5) is 5.69 Å². The summed E-state index contributed by atoms with van der Waals surface area (Å²) in [6.07, 6.45) is 1.29. The number of aromatic nitrogens is 2. The first-order valence-electron chi connectivity index (χ1n) is 11.8. The quantitative estimate of drug-likeness (QED) is 0.398. The number of nitrogens with zero attached hydrogens (tertiary/aromatic N) is 4. The Balaban J connectivity index is 1.94. The molecule has 0 amide bonds. The van der Waals surface area contributed by atoms with Gasteiger partial charge in [0, 0.05) is 49.7 Å². The van der Waals surface area contributed by atoms with E-state index in [0.717, 1.165) is 26.2 Å². The second-order valence-corrected chi connectivity index (χ2v) is 10.3. The molecule has 1 aromatic carbocycles. The molecule has 0 aliphatic carbocycles. The summed E-state index contributed by atoms with van der Waals surface area (Å²) in [7, 11) is 0. The number of piperazine rings is 1. The number of ether oxygens (including phenoxy) is 3. The minimum absolute atomic E-state index is 0.254. The van der Waals surface area contributed by atoms with Crippen LogP contribution in [-0.2, 0) is 9.47 Å². The van der Waals surface area contributed by atoms with E-state index in [-0.39, 0.29) is 11.3 Å². The number of hydrogen-bond acceptors (Lipinski definition) is 8. The van der Waals surface area contributed by atoms with Crippen molar-refractivity contribution < 1.29 is 14.2 Å². The Morgan fingerprint density at radius 3 is 2.35 bits per heavy atom. The van der Waals surface area contributed by atoms with Gasteiger partial charge in [0.15, 0.2) is 0 Å². The van der Waals surface area contributed by atoms with Gasteiger partial charge in [-0.1, -0.05) is 43.5 Å². The van der Waals surface area contributed by atoms with E-state index in [9.17, 15) is 4.79 Å². The van der Waals surface area contributed by atoms with Crippen molar-refractivity contribution in [3.05, 3.63) is 45.8 Å². The fourth-order valence-corrected chi connectivity index (χ4v) is 4.83. The van der Waals surface area contributed by atoms with Crippen molar-refractivity contribution in [2.45, 2.75) is 39.0 Å². The van der Waals surface area contributed by atoms with Gasteiger partial charge in [-0.05, 0) is 32.0 Å². The summed E-state index contributed by atoms with van der Waals surface area (Å²) in [6, 6.07) is 7.05. The molecule has 8 nitrogen and oxygen atoms in total. The number of hydrogen-bond donors (Lipinski definition) is 0. The zero-order valence-electron chi connectivity index (χ0n) is 20.4. The molecule has 2 aromatic rings. The van der Waals surface area contributed by atoms with Gasteiger partial charge in [-0.25, -0.2) is 4.31 Å². The molecule has 0 saturated carbocycles. The lowest BCUT2D eigenvalue weighted by molar-refractivity contribution is -0.000876. The third kappa shape index (κ3) is 7.36. The molecule has 1 aliphatic rings. The Kier molecular flexibility index (Phi) is 10.5. The van der Waals surface area contributed by atoms with Gasteiger partial charge in [-0.3, -0.25) is 4.79 Å². The predicted molar refractivity (Wildman–Crippen MR) is 139 cm³/mol. The van der Waals surface area contributed by atoms with E-state index in [1.165, 1.54) is 4.68 Å². The predicted octanol–water partition coefficient (Wildman–Crippen LogP) is 3.88. The highest BCUT2D eigenvalue weighted by Gasteiger charge is 2.26. The molecular weight excluding hydrogens is 476 g/mol. The van der Waals surface area contributed by atoms with Crippen LogP contribution in [0.25, 0.3) is 5.69 Å². The van der Waals surface area contributed by atoms with Crippen molar-refractivity contribution in [1.29, 1.82) is 0 Å². The van der Waals surface area contributed by atoms with Crippen molar-refractivity contribution >= 4 is 29.2 Å².